The molecule has 0 bridgehead atoms. The molecule has 4 nitrogen and oxygen atoms in total. The topological polar surface area (TPSA) is 46.6 Å². The van der Waals surface area contributed by atoms with Crippen LogP contribution in [0.3, 0.4) is 0 Å². The molecule has 0 aliphatic carbocycles. The molecule has 1 heterocycles. The van der Waals surface area contributed by atoms with Gasteiger partial charge in [0.05, 0.1) is 11.4 Å². The van der Waals surface area contributed by atoms with Crippen LogP contribution in [-0.4, -0.2) is 16.0 Å². The molecule has 31 heavy (non-hydrogen) atoms. The minimum absolute atomic E-state index is 0.174. The molecule has 1 fully saturated rings. The van der Waals surface area contributed by atoms with Gasteiger partial charge in [0.2, 0.25) is 0 Å². The molecule has 3 aromatic rings. The number of thioether (sulfide) groups is 1. The molecule has 1 saturated heterocycles. The second kappa shape index (κ2) is 9.60. The average molecular weight is 470 g/mol. The first kappa shape index (κ1) is 21.5. The van der Waals surface area contributed by atoms with Crippen LogP contribution in [0.25, 0.3) is 6.08 Å². The highest BCUT2D eigenvalue weighted by atomic mass is 35.5. The van der Waals surface area contributed by atoms with Crippen LogP contribution in [0, 0.1) is 0 Å². The van der Waals surface area contributed by atoms with E-state index < -0.39 is 0 Å². The van der Waals surface area contributed by atoms with Crippen molar-refractivity contribution in [3.05, 3.63) is 104 Å². The standard InChI is InChI=1S/C24H17Cl2NO3S/c25-19-9-5-6-16(12-19)14-27-23(28)22(31-24(27)29)13-17-7-2-4-11-21(17)30-15-18-8-1-3-10-20(18)26/h1-13H,14-15H2/b22-13-. The van der Waals surface area contributed by atoms with E-state index in [1.807, 2.05) is 54.6 Å². The van der Waals surface area contributed by atoms with E-state index in [2.05, 4.69) is 0 Å². The van der Waals surface area contributed by atoms with Crippen molar-refractivity contribution in [2.75, 3.05) is 0 Å². The van der Waals surface area contributed by atoms with Gasteiger partial charge in [0.15, 0.2) is 0 Å². The molecule has 0 aromatic heterocycles. The molecule has 4 rings (SSSR count). The third-order valence-corrected chi connectivity index (χ3v) is 6.16. The van der Waals surface area contributed by atoms with Gasteiger partial charge in [-0.1, -0.05) is 71.7 Å². The first-order valence-electron chi connectivity index (χ1n) is 9.46. The molecule has 2 amide bonds. The van der Waals surface area contributed by atoms with Crippen LogP contribution < -0.4 is 4.74 Å². The summed E-state index contributed by atoms with van der Waals surface area (Å²) in [7, 11) is 0. The second-order valence-electron chi connectivity index (χ2n) is 6.82. The lowest BCUT2D eigenvalue weighted by Gasteiger charge is -2.13. The van der Waals surface area contributed by atoms with Crippen molar-refractivity contribution in [3.8, 4) is 5.75 Å². The Bertz CT molecular complexity index is 1180. The number of rotatable bonds is 6. The van der Waals surface area contributed by atoms with E-state index in [0.29, 0.717) is 32.9 Å². The van der Waals surface area contributed by atoms with E-state index in [0.717, 1.165) is 22.9 Å². The third kappa shape index (κ3) is 5.13. The maximum atomic E-state index is 12.9. The molecule has 0 radical (unpaired) electrons. The van der Waals surface area contributed by atoms with Gasteiger partial charge in [-0.15, -0.1) is 0 Å². The predicted molar refractivity (Wildman–Crippen MR) is 125 cm³/mol. The largest absolute Gasteiger partial charge is 0.488 e. The van der Waals surface area contributed by atoms with Crippen LogP contribution in [0.4, 0.5) is 4.79 Å². The van der Waals surface area contributed by atoms with Gasteiger partial charge in [-0.3, -0.25) is 14.5 Å². The zero-order chi connectivity index (χ0) is 21.8. The Hall–Kier alpha value is -2.73. The predicted octanol–water partition coefficient (Wildman–Crippen LogP) is 6.81. The van der Waals surface area contributed by atoms with Crippen molar-refractivity contribution in [2.24, 2.45) is 0 Å². The van der Waals surface area contributed by atoms with Crippen LogP contribution in [0.2, 0.25) is 10.0 Å². The van der Waals surface area contributed by atoms with Crippen LogP contribution in [-0.2, 0) is 17.9 Å². The highest BCUT2D eigenvalue weighted by Gasteiger charge is 2.35. The Balaban J connectivity index is 1.53. The zero-order valence-electron chi connectivity index (χ0n) is 16.3. The van der Waals surface area contributed by atoms with Crippen LogP contribution in [0.1, 0.15) is 16.7 Å². The van der Waals surface area contributed by atoms with Gasteiger partial charge in [-0.2, -0.15) is 0 Å². The Morgan fingerprint density at radius 3 is 2.52 bits per heavy atom. The molecule has 0 atom stereocenters. The highest BCUT2D eigenvalue weighted by Crippen LogP contribution is 2.35. The van der Waals surface area contributed by atoms with Crippen molar-refractivity contribution in [1.29, 1.82) is 0 Å². The van der Waals surface area contributed by atoms with Crippen LogP contribution >= 0.6 is 35.0 Å². The summed E-state index contributed by atoms with van der Waals surface area (Å²) in [6, 6.07) is 21.9. The number of amides is 2. The quantitative estimate of drug-likeness (QED) is 0.372. The number of hydrogen-bond acceptors (Lipinski definition) is 4. The van der Waals surface area contributed by atoms with Crippen molar-refractivity contribution in [2.45, 2.75) is 13.2 Å². The first-order valence-corrected chi connectivity index (χ1v) is 11.0. The summed E-state index contributed by atoms with van der Waals surface area (Å²) in [6.45, 7) is 0.466. The fraction of sp³-hybridized carbons (Fsp3) is 0.0833. The number of carbonyl (C=O) groups is 2. The van der Waals surface area contributed by atoms with Crippen molar-refractivity contribution in [3.63, 3.8) is 0 Å². The molecule has 156 valence electrons. The minimum atomic E-state index is -0.337. The minimum Gasteiger partial charge on any atom is -0.488 e. The molecule has 0 saturated carbocycles. The molecule has 1 aliphatic rings. The molecule has 1 aliphatic heterocycles. The lowest BCUT2D eigenvalue weighted by molar-refractivity contribution is -0.123. The fourth-order valence-electron chi connectivity index (χ4n) is 3.10. The molecular formula is C24H17Cl2NO3S. The molecule has 0 unspecified atom stereocenters. The van der Waals surface area contributed by atoms with E-state index in [1.165, 1.54) is 4.90 Å². The highest BCUT2D eigenvalue weighted by molar-refractivity contribution is 8.18. The van der Waals surface area contributed by atoms with Gasteiger partial charge in [-0.05, 0) is 47.7 Å². The van der Waals surface area contributed by atoms with Crippen molar-refractivity contribution in [1.82, 2.24) is 4.90 Å². The summed E-state index contributed by atoms with van der Waals surface area (Å²) in [6.07, 6.45) is 1.69. The van der Waals surface area contributed by atoms with Crippen molar-refractivity contribution >= 4 is 52.2 Å². The third-order valence-electron chi connectivity index (χ3n) is 4.65. The van der Waals surface area contributed by atoms with Crippen molar-refractivity contribution < 1.29 is 14.3 Å². The number of para-hydroxylation sites is 1. The number of benzene rings is 3. The van der Waals surface area contributed by atoms with Gasteiger partial charge >= 0.3 is 0 Å². The van der Waals surface area contributed by atoms with E-state index in [4.69, 9.17) is 27.9 Å². The Morgan fingerprint density at radius 1 is 0.935 bits per heavy atom. The van der Waals surface area contributed by atoms with Gasteiger partial charge in [0.25, 0.3) is 11.1 Å². The van der Waals surface area contributed by atoms with Crippen LogP contribution in [0.5, 0.6) is 5.75 Å². The molecule has 0 spiro atoms. The number of hydrogen-bond donors (Lipinski definition) is 0. The summed E-state index contributed by atoms with van der Waals surface area (Å²) in [5.74, 6) is 0.264. The molecule has 3 aromatic carbocycles. The second-order valence-corrected chi connectivity index (χ2v) is 8.65. The van der Waals surface area contributed by atoms with Crippen LogP contribution in [0.15, 0.2) is 77.7 Å². The van der Waals surface area contributed by atoms with Gasteiger partial charge in [-0.25, -0.2) is 0 Å². The molecule has 7 heteroatoms. The number of imide groups is 1. The fourth-order valence-corrected chi connectivity index (χ4v) is 4.33. The van der Waals surface area contributed by atoms with Gasteiger partial charge in [0, 0.05) is 21.2 Å². The Morgan fingerprint density at radius 2 is 1.71 bits per heavy atom. The number of carbonyl (C=O) groups excluding carboxylic acids is 2. The Kier molecular flexibility index (Phi) is 6.66. The van der Waals surface area contributed by atoms with Gasteiger partial charge < -0.3 is 4.74 Å². The summed E-state index contributed by atoms with van der Waals surface area (Å²) >= 11 is 13.1. The summed E-state index contributed by atoms with van der Waals surface area (Å²) < 4.78 is 5.95. The summed E-state index contributed by atoms with van der Waals surface area (Å²) in [4.78, 5) is 26.9. The lowest BCUT2D eigenvalue weighted by Crippen LogP contribution is -2.27. The summed E-state index contributed by atoms with van der Waals surface area (Å²) in [5.41, 5.74) is 2.36. The van der Waals surface area contributed by atoms with E-state index >= 15 is 0 Å². The SMILES string of the molecule is O=C1S/C(=C\c2ccccc2OCc2ccccc2Cl)C(=O)N1Cc1cccc(Cl)c1. The monoisotopic (exact) mass is 469 g/mol. The van der Waals surface area contributed by atoms with E-state index in [1.54, 1.807) is 24.3 Å². The summed E-state index contributed by atoms with van der Waals surface area (Å²) in [5, 5.41) is 0.873. The lowest BCUT2D eigenvalue weighted by atomic mass is 10.1. The maximum Gasteiger partial charge on any atom is 0.293 e. The molecule has 0 N–H and O–H groups in total. The Labute approximate surface area is 194 Å². The maximum absolute atomic E-state index is 12.9. The average Bonchev–Trinajstić information content (AvgIpc) is 3.01. The van der Waals surface area contributed by atoms with Gasteiger partial charge in [0.1, 0.15) is 12.4 Å². The van der Waals surface area contributed by atoms with E-state index in [-0.39, 0.29) is 17.7 Å². The first-order chi connectivity index (χ1) is 15.0. The smallest absolute Gasteiger partial charge is 0.293 e. The zero-order valence-corrected chi connectivity index (χ0v) is 18.6. The number of nitrogens with zero attached hydrogens (tertiary/aromatic N) is 1. The van der Waals surface area contributed by atoms with E-state index in [9.17, 15) is 9.59 Å². The number of halogens is 2. The number of ether oxygens (including phenoxy) is 1. The molecular weight excluding hydrogens is 453 g/mol. The normalized spacial score (nSPS) is 15.0.